The first-order valence-electron chi connectivity index (χ1n) is 12.5. The molecule has 0 spiro atoms. The van der Waals surface area contributed by atoms with Gasteiger partial charge in [-0.25, -0.2) is 13.2 Å². The number of carbonyl (C=O) groups excluding carboxylic acids is 1. The van der Waals surface area contributed by atoms with Crippen LogP contribution in [0.1, 0.15) is 34.0 Å². The molecule has 0 bridgehead atoms. The van der Waals surface area contributed by atoms with Crippen LogP contribution in [0, 0.1) is 0 Å². The maximum atomic E-state index is 13.2. The van der Waals surface area contributed by atoms with E-state index < -0.39 is 21.9 Å². The number of rotatable bonds is 11. The SMILES string of the molecule is COC(=O)c1ccc(-c2ccc(S(=O)(=O)c3ccc(CCCNC[C@H](O)c4cccc(Cl)c4)cc3)cc2)cc1. The van der Waals surface area contributed by atoms with Crippen LogP contribution in [0.3, 0.4) is 0 Å². The Morgan fingerprint density at radius 2 is 1.49 bits per heavy atom. The Morgan fingerprint density at radius 1 is 0.897 bits per heavy atom. The van der Waals surface area contributed by atoms with Gasteiger partial charge in [-0.15, -0.1) is 0 Å². The fourth-order valence-corrected chi connectivity index (χ4v) is 5.66. The third-order valence-electron chi connectivity index (χ3n) is 6.43. The van der Waals surface area contributed by atoms with E-state index in [2.05, 4.69) is 5.32 Å². The zero-order valence-electron chi connectivity index (χ0n) is 21.5. The van der Waals surface area contributed by atoms with Gasteiger partial charge in [-0.3, -0.25) is 0 Å². The standard InChI is InChI=1S/C31H30ClNO5S/c1-38-31(35)25-11-9-23(10-12-25)24-13-17-29(18-14-24)39(36,37)28-15-7-22(8-16-28)4-3-19-33-21-30(34)26-5-2-6-27(32)20-26/h2,5-18,20,30,33-34H,3-4,19,21H2,1H3/t30-/m0/s1. The molecular weight excluding hydrogens is 534 g/mol. The summed E-state index contributed by atoms with van der Waals surface area (Å²) in [6, 6.07) is 27.8. The van der Waals surface area contributed by atoms with Crippen molar-refractivity contribution in [1.82, 2.24) is 5.32 Å². The Labute approximate surface area is 234 Å². The second kappa shape index (κ2) is 13.0. The average molecular weight is 564 g/mol. The predicted molar refractivity (Wildman–Crippen MR) is 153 cm³/mol. The van der Waals surface area contributed by atoms with Crippen LogP contribution in [0.15, 0.2) is 107 Å². The van der Waals surface area contributed by atoms with Crippen LogP contribution in [-0.2, 0) is 21.0 Å². The fraction of sp³-hybridized carbons (Fsp3) is 0.194. The quantitative estimate of drug-likeness (QED) is 0.175. The molecule has 0 saturated heterocycles. The Morgan fingerprint density at radius 3 is 2.08 bits per heavy atom. The van der Waals surface area contributed by atoms with Gasteiger partial charge in [0.25, 0.3) is 0 Å². The van der Waals surface area contributed by atoms with Crippen molar-refractivity contribution < 1.29 is 23.1 Å². The summed E-state index contributed by atoms with van der Waals surface area (Å²) >= 11 is 5.98. The van der Waals surface area contributed by atoms with Crippen LogP contribution in [0.5, 0.6) is 0 Å². The zero-order valence-corrected chi connectivity index (χ0v) is 23.1. The van der Waals surface area contributed by atoms with Gasteiger partial charge in [-0.2, -0.15) is 0 Å². The van der Waals surface area contributed by atoms with E-state index in [1.165, 1.54) is 7.11 Å². The summed E-state index contributed by atoms with van der Waals surface area (Å²) in [7, 11) is -2.32. The van der Waals surface area contributed by atoms with Gasteiger partial charge in [0, 0.05) is 11.6 Å². The maximum absolute atomic E-state index is 13.2. The predicted octanol–water partition coefficient (Wildman–Crippen LogP) is 5.88. The van der Waals surface area contributed by atoms with Crippen LogP contribution >= 0.6 is 11.6 Å². The molecule has 0 unspecified atom stereocenters. The monoisotopic (exact) mass is 563 g/mol. The molecule has 0 fully saturated rings. The minimum atomic E-state index is -3.65. The molecule has 0 saturated carbocycles. The van der Waals surface area contributed by atoms with E-state index in [-0.39, 0.29) is 9.79 Å². The number of hydrogen-bond acceptors (Lipinski definition) is 6. The van der Waals surface area contributed by atoms with Crippen LogP contribution in [0.2, 0.25) is 5.02 Å². The first kappa shape index (κ1) is 28.5. The topological polar surface area (TPSA) is 92.7 Å². The lowest BCUT2D eigenvalue weighted by Crippen LogP contribution is -2.22. The number of esters is 1. The minimum Gasteiger partial charge on any atom is -0.465 e. The Balaban J connectivity index is 1.30. The Bertz CT molecular complexity index is 1500. The van der Waals surface area contributed by atoms with Gasteiger partial charge >= 0.3 is 5.97 Å². The molecule has 0 aromatic heterocycles. The molecule has 8 heteroatoms. The van der Waals surface area contributed by atoms with E-state index in [1.807, 2.05) is 24.3 Å². The maximum Gasteiger partial charge on any atom is 0.337 e. The number of carbonyl (C=O) groups is 1. The molecule has 4 aromatic carbocycles. The number of aliphatic hydroxyl groups excluding tert-OH is 1. The van der Waals surface area contributed by atoms with Crippen LogP contribution in [-0.4, -0.2) is 39.7 Å². The lowest BCUT2D eigenvalue weighted by atomic mass is 10.0. The minimum absolute atomic E-state index is 0.215. The largest absolute Gasteiger partial charge is 0.465 e. The van der Waals surface area contributed by atoms with Crippen molar-refractivity contribution in [1.29, 1.82) is 0 Å². The molecule has 202 valence electrons. The lowest BCUT2D eigenvalue weighted by molar-refractivity contribution is 0.0600. The molecule has 0 aliphatic rings. The van der Waals surface area contributed by atoms with Crippen LogP contribution in [0.4, 0.5) is 0 Å². The van der Waals surface area contributed by atoms with Crippen molar-refractivity contribution in [2.75, 3.05) is 20.2 Å². The highest BCUT2D eigenvalue weighted by molar-refractivity contribution is 7.91. The molecule has 0 aliphatic carbocycles. The summed E-state index contributed by atoms with van der Waals surface area (Å²) in [5.74, 6) is -0.407. The molecule has 6 nitrogen and oxygen atoms in total. The second-order valence-electron chi connectivity index (χ2n) is 9.12. The van der Waals surface area contributed by atoms with E-state index in [9.17, 15) is 18.3 Å². The van der Waals surface area contributed by atoms with E-state index in [4.69, 9.17) is 16.3 Å². The summed E-state index contributed by atoms with van der Waals surface area (Å²) < 4.78 is 31.0. The zero-order chi connectivity index (χ0) is 27.8. The third kappa shape index (κ3) is 7.34. The molecule has 39 heavy (non-hydrogen) atoms. The molecule has 2 N–H and O–H groups in total. The highest BCUT2D eigenvalue weighted by Crippen LogP contribution is 2.26. The van der Waals surface area contributed by atoms with Gasteiger partial charge in [-0.05, 0) is 90.2 Å². The van der Waals surface area contributed by atoms with Gasteiger partial charge in [-0.1, -0.05) is 60.1 Å². The number of sulfone groups is 1. The number of methoxy groups -OCH3 is 1. The highest BCUT2D eigenvalue weighted by Gasteiger charge is 2.18. The van der Waals surface area contributed by atoms with Crippen molar-refractivity contribution in [2.45, 2.75) is 28.7 Å². The highest BCUT2D eigenvalue weighted by atomic mass is 35.5. The number of benzene rings is 4. The van der Waals surface area contributed by atoms with Crippen molar-refractivity contribution in [3.8, 4) is 11.1 Å². The second-order valence-corrected chi connectivity index (χ2v) is 11.5. The van der Waals surface area contributed by atoms with Gasteiger partial charge in [0.1, 0.15) is 0 Å². The molecule has 0 aliphatic heterocycles. The summed E-state index contributed by atoms with van der Waals surface area (Å²) in [5, 5.41) is 14.1. The van der Waals surface area contributed by atoms with Crippen molar-refractivity contribution >= 4 is 27.4 Å². The number of nitrogens with one attached hydrogen (secondary N) is 1. The Kier molecular flexibility index (Phi) is 9.54. The molecule has 0 heterocycles. The van der Waals surface area contributed by atoms with Crippen molar-refractivity contribution in [2.24, 2.45) is 0 Å². The van der Waals surface area contributed by atoms with Crippen LogP contribution < -0.4 is 5.32 Å². The van der Waals surface area contributed by atoms with E-state index in [0.717, 1.165) is 41.6 Å². The number of hydrogen-bond donors (Lipinski definition) is 2. The van der Waals surface area contributed by atoms with Crippen molar-refractivity contribution in [3.63, 3.8) is 0 Å². The third-order valence-corrected chi connectivity index (χ3v) is 8.45. The summed E-state index contributed by atoms with van der Waals surface area (Å²) in [5.41, 5.74) is 3.97. The number of aryl methyl sites for hydroxylation is 1. The average Bonchev–Trinajstić information content (AvgIpc) is 2.97. The summed E-state index contributed by atoms with van der Waals surface area (Å²) in [6.07, 6.45) is 0.995. The van der Waals surface area contributed by atoms with E-state index in [0.29, 0.717) is 17.1 Å². The fourth-order valence-electron chi connectivity index (χ4n) is 4.20. The lowest BCUT2D eigenvalue weighted by Gasteiger charge is -2.12. The first-order valence-corrected chi connectivity index (χ1v) is 14.4. The van der Waals surface area contributed by atoms with Gasteiger partial charge < -0.3 is 15.2 Å². The first-order chi connectivity index (χ1) is 18.8. The molecule has 0 radical (unpaired) electrons. The molecule has 0 amide bonds. The smallest absolute Gasteiger partial charge is 0.337 e. The molecule has 1 atom stereocenters. The van der Waals surface area contributed by atoms with Crippen molar-refractivity contribution in [3.05, 3.63) is 119 Å². The van der Waals surface area contributed by atoms with Gasteiger partial charge in [0.2, 0.25) is 9.84 Å². The molecular formula is C31H30ClNO5S. The summed E-state index contributed by atoms with van der Waals surface area (Å²) in [4.78, 5) is 12.1. The molecule has 4 aromatic rings. The number of halogens is 1. The number of ether oxygens (including phenoxy) is 1. The van der Waals surface area contributed by atoms with Gasteiger partial charge in [0.05, 0.1) is 28.6 Å². The normalized spacial score (nSPS) is 12.2. The van der Waals surface area contributed by atoms with Gasteiger partial charge in [0.15, 0.2) is 0 Å². The van der Waals surface area contributed by atoms with E-state index >= 15 is 0 Å². The summed E-state index contributed by atoms with van der Waals surface area (Å²) in [6.45, 7) is 1.14. The molecule has 4 rings (SSSR count). The van der Waals surface area contributed by atoms with E-state index in [1.54, 1.807) is 72.8 Å². The Hall–Kier alpha value is -3.49. The van der Waals surface area contributed by atoms with Crippen LogP contribution in [0.25, 0.3) is 11.1 Å². The number of aliphatic hydroxyl groups is 1.